The van der Waals surface area contributed by atoms with Crippen molar-refractivity contribution in [2.75, 3.05) is 0 Å². The van der Waals surface area contributed by atoms with Crippen LogP contribution in [0.1, 0.15) is 97.1 Å². The Morgan fingerprint density at radius 1 is 0.952 bits per heavy atom. The number of allylic oxidation sites excluding steroid dienone is 6. The first-order valence-electron chi connectivity index (χ1n) is 15.0. The van der Waals surface area contributed by atoms with Crippen LogP contribution in [0.25, 0.3) is 0 Å². The van der Waals surface area contributed by atoms with Gasteiger partial charge in [-0.25, -0.2) is 17.9 Å². The largest absolute Gasteiger partial charge is 0.487 e. The number of fused-ring (bicyclic) bond motifs is 1. The fourth-order valence-electron chi connectivity index (χ4n) is 5.10. The molecule has 0 saturated heterocycles. The highest BCUT2D eigenvalue weighted by Gasteiger charge is 2.34. The molecule has 1 aliphatic rings. The van der Waals surface area contributed by atoms with Gasteiger partial charge in [-0.2, -0.15) is 0 Å². The van der Waals surface area contributed by atoms with Gasteiger partial charge >= 0.3 is 6.09 Å². The summed E-state index contributed by atoms with van der Waals surface area (Å²) in [5.74, 6) is 1.07. The molecule has 7 heteroatoms. The number of carbonyl (C=O) groups excluding carboxylic acids is 1. The Morgan fingerprint density at radius 3 is 2.24 bits per heavy atom. The van der Waals surface area contributed by atoms with E-state index in [0.717, 1.165) is 74.7 Å². The lowest BCUT2D eigenvalue weighted by molar-refractivity contribution is 0.0343. The minimum Gasteiger partial charge on any atom is -0.487 e. The molecular formula is C35H47NO5S. The molecule has 0 aromatic heterocycles. The highest BCUT2D eigenvalue weighted by atomic mass is 32.2. The number of rotatable bonds is 13. The molecule has 1 N–H and O–H groups in total. The van der Waals surface area contributed by atoms with Gasteiger partial charge in [0.1, 0.15) is 17.1 Å². The van der Waals surface area contributed by atoms with E-state index < -0.39 is 16.1 Å². The Balaban J connectivity index is 1.51. The van der Waals surface area contributed by atoms with Gasteiger partial charge in [-0.05, 0) is 128 Å². The van der Waals surface area contributed by atoms with Crippen molar-refractivity contribution in [1.82, 2.24) is 4.72 Å². The average molecular weight is 594 g/mol. The van der Waals surface area contributed by atoms with Crippen LogP contribution in [-0.2, 0) is 16.4 Å². The monoisotopic (exact) mass is 593 g/mol. The predicted octanol–water partition coefficient (Wildman–Crippen LogP) is 9.15. The summed E-state index contributed by atoms with van der Waals surface area (Å²) in [4.78, 5) is 12.4. The second kappa shape index (κ2) is 15.2. The van der Waals surface area contributed by atoms with Crippen LogP contribution in [0.5, 0.6) is 11.5 Å². The number of hydrogen-bond acceptors (Lipinski definition) is 5. The van der Waals surface area contributed by atoms with Crippen LogP contribution in [0.4, 0.5) is 4.79 Å². The number of benzene rings is 2. The highest BCUT2D eigenvalue weighted by Crippen LogP contribution is 2.39. The maximum absolute atomic E-state index is 12.5. The summed E-state index contributed by atoms with van der Waals surface area (Å²) in [6.45, 7) is 12.8. The standard InChI is InChI=1S/C35H47NO5S/c1-7-35(23-10-15-28(5)14-9-13-27(4)12-8-11-26(2)3)24-22-30-25-31(18-21-33(30)41-35)40-34(37)36-42(38,39)32-19-16-29(6)17-20-32/h11,13,15-21,25H,7-10,12,14,22-24H2,1-6H3,(H,36,37)/b27-13+,28-15+. The van der Waals surface area contributed by atoms with Gasteiger partial charge in [-0.3, -0.25) is 0 Å². The van der Waals surface area contributed by atoms with Crippen LogP contribution in [0, 0.1) is 6.92 Å². The topological polar surface area (TPSA) is 81.7 Å². The van der Waals surface area contributed by atoms with Crippen molar-refractivity contribution in [2.45, 2.75) is 110 Å². The maximum atomic E-state index is 12.5. The van der Waals surface area contributed by atoms with Gasteiger partial charge in [0.25, 0.3) is 10.0 Å². The van der Waals surface area contributed by atoms with Crippen molar-refractivity contribution in [3.63, 3.8) is 0 Å². The molecule has 228 valence electrons. The molecule has 0 aliphatic carbocycles. The van der Waals surface area contributed by atoms with Crippen molar-refractivity contribution < 1.29 is 22.7 Å². The molecule has 2 aromatic carbocycles. The van der Waals surface area contributed by atoms with Crippen molar-refractivity contribution in [3.8, 4) is 11.5 Å². The minimum absolute atomic E-state index is 0.00231. The number of sulfonamides is 1. The summed E-state index contributed by atoms with van der Waals surface area (Å²) in [5, 5.41) is 0. The van der Waals surface area contributed by atoms with Gasteiger partial charge in [0.05, 0.1) is 4.90 Å². The molecule has 42 heavy (non-hydrogen) atoms. The summed E-state index contributed by atoms with van der Waals surface area (Å²) in [6, 6.07) is 11.5. The Bertz CT molecular complexity index is 1420. The van der Waals surface area contributed by atoms with E-state index >= 15 is 0 Å². The van der Waals surface area contributed by atoms with Gasteiger partial charge in [-0.15, -0.1) is 0 Å². The van der Waals surface area contributed by atoms with Crippen LogP contribution in [0.2, 0.25) is 0 Å². The molecule has 0 saturated carbocycles. The second-order valence-corrected chi connectivity index (χ2v) is 13.4. The Morgan fingerprint density at radius 2 is 1.60 bits per heavy atom. The lowest BCUT2D eigenvalue weighted by Crippen LogP contribution is -2.39. The minimum atomic E-state index is -4.02. The van der Waals surface area contributed by atoms with Gasteiger partial charge in [0, 0.05) is 0 Å². The van der Waals surface area contributed by atoms with Gasteiger partial charge in [0.2, 0.25) is 0 Å². The zero-order valence-corrected chi connectivity index (χ0v) is 26.9. The fraction of sp³-hybridized carbons (Fsp3) is 0.457. The smallest absolute Gasteiger partial charge is 0.426 e. The zero-order chi connectivity index (χ0) is 30.8. The molecule has 2 aromatic rings. The molecule has 1 amide bonds. The van der Waals surface area contributed by atoms with E-state index in [9.17, 15) is 13.2 Å². The van der Waals surface area contributed by atoms with E-state index in [1.807, 2.05) is 17.7 Å². The third kappa shape index (κ3) is 10.2. The summed E-state index contributed by atoms with van der Waals surface area (Å²) in [5.41, 5.74) is 5.89. The van der Waals surface area contributed by atoms with E-state index in [0.29, 0.717) is 0 Å². The Labute approximate surface area is 253 Å². The molecular weight excluding hydrogens is 546 g/mol. The van der Waals surface area contributed by atoms with Crippen molar-refractivity contribution in [1.29, 1.82) is 0 Å². The number of hydrogen-bond donors (Lipinski definition) is 1. The summed E-state index contributed by atoms with van der Waals surface area (Å²) >= 11 is 0. The van der Waals surface area contributed by atoms with Gasteiger partial charge in [-0.1, -0.05) is 59.6 Å². The molecule has 0 radical (unpaired) electrons. The van der Waals surface area contributed by atoms with Crippen molar-refractivity contribution >= 4 is 16.1 Å². The molecule has 3 rings (SSSR count). The fourth-order valence-corrected chi connectivity index (χ4v) is 5.97. The lowest BCUT2D eigenvalue weighted by Gasteiger charge is -2.38. The number of nitrogens with one attached hydrogen (secondary N) is 1. The highest BCUT2D eigenvalue weighted by molar-refractivity contribution is 7.90. The molecule has 1 aliphatic heterocycles. The summed E-state index contributed by atoms with van der Waals surface area (Å²) in [6.07, 6.45) is 14.8. The average Bonchev–Trinajstić information content (AvgIpc) is 2.93. The molecule has 0 fully saturated rings. The van der Waals surface area contributed by atoms with Gasteiger partial charge < -0.3 is 9.47 Å². The Kier molecular flexibility index (Phi) is 12.0. The number of amides is 1. The van der Waals surface area contributed by atoms with Gasteiger partial charge in [0.15, 0.2) is 0 Å². The van der Waals surface area contributed by atoms with Crippen LogP contribution in [0.15, 0.2) is 82.3 Å². The van der Waals surface area contributed by atoms with Crippen LogP contribution in [-0.4, -0.2) is 20.1 Å². The van der Waals surface area contributed by atoms with Crippen molar-refractivity contribution in [2.24, 2.45) is 0 Å². The van der Waals surface area contributed by atoms with E-state index in [4.69, 9.17) is 9.47 Å². The molecule has 1 heterocycles. The van der Waals surface area contributed by atoms with Crippen LogP contribution < -0.4 is 14.2 Å². The van der Waals surface area contributed by atoms with E-state index in [1.165, 1.54) is 28.9 Å². The van der Waals surface area contributed by atoms with Crippen LogP contribution in [0.3, 0.4) is 0 Å². The number of aryl methyl sites for hydroxylation is 2. The third-order valence-electron chi connectivity index (χ3n) is 7.83. The van der Waals surface area contributed by atoms with E-state index in [2.05, 4.69) is 52.8 Å². The Hall–Kier alpha value is -3.32. The molecule has 0 bridgehead atoms. The SMILES string of the molecule is CCC1(CC/C=C(\C)CC/C=C(\C)CCC=C(C)C)CCc2cc(OC(=O)NS(=O)(=O)c3ccc(C)cc3)ccc2O1. The third-order valence-corrected chi connectivity index (χ3v) is 9.16. The quantitative estimate of drug-likeness (QED) is 0.234. The lowest BCUT2D eigenvalue weighted by atomic mass is 9.84. The predicted molar refractivity (Wildman–Crippen MR) is 171 cm³/mol. The van der Waals surface area contributed by atoms with E-state index in [-0.39, 0.29) is 16.2 Å². The molecule has 1 unspecified atom stereocenters. The second-order valence-electron chi connectivity index (χ2n) is 11.7. The molecule has 1 atom stereocenters. The van der Waals surface area contributed by atoms with Crippen molar-refractivity contribution in [3.05, 3.63) is 88.5 Å². The first-order chi connectivity index (χ1) is 19.9. The number of ether oxygens (including phenoxy) is 2. The number of carbonyl (C=O) groups is 1. The van der Waals surface area contributed by atoms with Crippen LogP contribution >= 0.6 is 0 Å². The molecule has 0 spiro atoms. The summed E-state index contributed by atoms with van der Waals surface area (Å²) in [7, 11) is -4.02. The first kappa shape index (κ1) is 33.2. The zero-order valence-electron chi connectivity index (χ0n) is 26.1. The van der Waals surface area contributed by atoms with E-state index in [1.54, 1.807) is 24.3 Å². The molecule has 6 nitrogen and oxygen atoms in total. The first-order valence-corrected chi connectivity index (χ1v) is 16.5. The maximum Gasteiger partial charge on any atom is 0.426 e. The normalized spacial score (nSPS) is 17.2. The summed E-state index contributed by atoms with van der Waals surface area (Å²) < 4.78 is 38.8.